The number of hydrogen-bond acceptors (Lipinski definition) is 3. The molecule has 0 fully saturated rings. The van der Waals surface area contributed by atoms with Crippen molar-refractivity contribution in [3.63, 3.8) is 0 Å². The van der Waals surface area contributed by atoms with Crippen molar-refractivity contribution in [2.45, 2.75) is 13.5 Å². The van der Waals surface area contributed by atoms with Crippen LogP contribution in [0.2, 0.25) is 0 Å². The van der Waals surface area contributed by atoms with E-state index in [0.717, 1.165) is 5.56 Å². The van der Waals surface area contributed by atoms with Crippen LogP contribution in [-0.2, 0) is 11.3 Å². The van der Waals surface area contributed by atoms with E-state index in [0.29, 0.717) is 12.4 Å². The molecule has 1 aromatic rings. The topological polar surface area (TPSA) is 45.0 Å². The molecule has 4 nitrogen and oxygen atoms in total. The number of fused-ring (bicyclic) bond motifs is 1. The van der Waals surface area contributed by atoms with Crippen molar-refractivity contribution in [3.8, 4) is 0 Å². The number of amidine groups is 1. The summed E-state index contributed by atoms with van der Waals surface area (Å²) in [5.41, 5.74) is 2.22. The van der Waals surface area contributed by atoms with Gasteiger partial charge in [0.1, 0.15) is 11.8 Å². The summed E-state index contributed by atoms with van der Waals surface area (Å²) in [6, 6.07) is 8.04. The lowest BCUT2D eigenvalue weighted by atomic mass is 10.0. The quantitative estimate of drug-likeness (QED) is 0.782. The predicted octanol–water partition coefficient (Wildman–Crippen LogP) is 2.28. The van der Waals surface area contributed by atoms with E-state index in [2.05, 4.69) is 9.98 Å². The number of dihydropyridines is 1. The fourth-order valence-electron chi connectivity index (χ4n) is 2.18. The molecule has 0 aliphatic carbocycles. The van der Waals surface area contributed by atoms with Crippen LogP contribution in [0.25, 0.3) is 0 Å². The highest BCUT2D eigenvalue weighted by atomic mass is 32.1. The van der Waals surface area contributed by atoms with Gasteiger partial charge in [0.15, 0.2) is 0 Å². The van der Waals surface area contributed by atoms with Gasteiger partial charge in [-0.2, -0.15) is 0 Å². The number of aryl methyl sites for hydroxylation is 1. The molecule has 2 aliphatic heterocycles. The summed E-state index contributed by atoms with van der Waals surface area (Å²) in [6.45, 7) is 2.48. The van der Waals surface area contributed by atoms with Crippen LogP contribution in [0.5, 0.6) is 0 Å². The molecule has 0 N–H and O–H groups in total. The maximum atomic E-state index is 12.5. The number of amides is 1. The van der Waals surface area contributed by atoms with E-state index in [1.165, 1.54) is 5.56 Å². The van der Waals surface area contributed by atoms with Crippen LogP contribution in [0.4, 0.5) is 0 Å². The number of carbonyl (C=O) groups is 1. The highest BCUT2D eigenvalue weighted by Gasteiger charge is 2.34. The number of allylic oxidation sites excluding steroid dienone is 1. The molecular formula is C15H13N3OS. The van der Waals surface area contributed by atoms with E-state index in [1.54, 1.807) is 23.3 Å². The van der Waals surface area contributed by atoms with Gasteiger partial charge in [-0.1, -0.05) is 35.9 Å². The van der Waals surface area contributed by atoms with E-state index >= 15 is 0 Å². The van der Waals surface area contributed by atoms with E-state index in [9.17, 15) is 4.79 Å². The van der Waals surface area contributed by atoms with Crippen molar-refractivity contribution < 1.29 is 4.79 Å². The molecule has 100 valence electrons. The largest absolute Gasteiger partial charge is 0.282 e. The molecule has 2 aliphatic rings. The molecular weight excluding hydrogens is 270 g/mol. The Morgan fingerprint density at radius 2 is 2.05 bits per heavy atom. The van der Waals surface area contributed by atoms with Crippen LogP contribution >= 0.6 is 12.2 Å². The first-order valence-electron chi connectivity index (χ1n) is 6.35. The molecule has 1 atom stereocenters. The molecule has 2 heterocycles. The van der Waals surface area contributed by atoms with Crippen molar-refractivity contribution in [3.05, 3.63) is 47.5 Å². The average molecular weight is 283 g/mol. The third-order valence-corrected chi connectivity index (χ3v) is 3.62. The van der Waals surface area contributed by atoms with Crippen LogP contribution in [0.3, 0.4) is 0 Å². The fourth-order valence-corrected chi connectivity index (χ4v) is 2.43. The van der Waals surface area contributed by atoms with Crippen LogP contribution in [0.15, 0.2) is 46.4 Å². The lowest BCUT2D eigenvalue weighted by Gasteiger charge is -2.29. The summed E-state index contributed by atoms with van der Waals surface area (Å²) in [4.78, 5) is 22.4. The molecule has 1 unspecified atom stereocenters. The van der Waals surface area contributed by atoms with Gasteiger partial charge < -0.3 is 0 Å². The molecule has 0 aromatic heterocycles. The number of rotatable bonds is 2. The van der Waals surface area contributed by atoms with Gasteiger partial charge in [-0.05, 0) is 30.8 Å². The third kappa shape index (κ3) is 2.32. The van der Waals surface area contributed by atoms with Gasteiger partial charge in [-0.15, -0.1) is 0 Å². The van der Waals surface area contributed by atoms with Gasteiger partial charge >= 0.3 is 0 Å². The monoisotopic (exact) mass is 283 g/mol. The zero-order chi connectivity index (χ0) is 14.1. The molecule has 1 amide bonds. The SMILES string of the molecule is Cc1ccc(CN2C(=O)C3C=CC=NC3=NC2=S)cc1. The first-order chi connectivity index (χ1) is 9.65. The average Bonchev–Trinajstić information content (AvgIpc) is 2.45. The van der Waals surface area contributed by atoms with Crippen molar-refractivity contribution in [2.75, 3.05) is 0 Å². The van der Waals surface area contributed by atoms with Gasteiger partial charge in [0.2, 0.25) is 11.0 Å². The summed E-state index contributed by atoms with van der Waals surface area (Å²) in [5.74, 6) is 0.0217. The highest BCUT2D eigenvalue weighted by Crippen LogP contribution is 2.21. The Bertz CT molecular complexity index is 658. The number of carbonyl (C=O) groups excluding carboxylic acids is 1. The molecule has 1 aromatic carbocycles. The number of benzene rings is 1. The Morgan fingerprint density at radius 3 is 2.80 bits per heavy atom. The maximum absolute atomic E-state index is 12.5. The Hall–Kier alpha value is -2.14. The van der Waals surface area contributed by atoms with Crippen LogP contribution < -0.4 is 0 Å². The number of nitrogens with zero attached hydrogens (tertiary/aromatic N) is 3. The zero-order valence-electron chi connectivity index (χ0n) is 11.0. The van der Waals surface area contributed by atoms with Gasteiger partial charge in [0.25, 0.3) is 0 Å². The zero-order valence-corrected chi connectivity index (χ0v) is 11.8. The van der Waals surface area contributed by atoms with Crippen LogP contribution in [-0.4, -0.2) is 28.0 Å². The molecule has 0 saturated heterocycles. The smallest absolute Gasteiger partial charge is 0.243 e. The van der Waals surface area contributed by atoms with Gasteiger partial charge in [-0.25, -0.2) is 9.98 Å². The summed E-state index contributed by atoms with van der Waals surface area (Å²) < 4.78 is 0. The number of thiocarbonyl (C=S) groups is 1. The first kappa shape index (κ1) is 12.9. The second-order valence-corrected chi connectivity index (χ2v) is 5.17. The van der Waals surface area contributed by atoms with E-state index in [1.807, 2.05) is 31.2 Å². The first-order valence-corrected chi connectivity index (χ1v) is 6.76. The minimum atomic E-state index is -0.405. The van der Waals surface area contributed by atoms with E-state index < -0.39 is 5.92 Å². The molecule has 5 heteroatoms. The van der Waals surface area contributed by atoms with E-state index in [4.69, 9.17) is 12.2 Å². The van der Waals surface area contributed by atoms with Gasteiger partial charge in [0, 0.05) is 6.21 Å². The van der Waals surface area contributed by atoms with Gasteiger partial charge in [-0.3, -0.25) is 9.69 Å². The second kappa shape index (κ2) is 5.09. The lowest BCUT2D eigenvalue weighted by molar-refractivity contribution is -0.129. The Balaban J connectivity index is 1.87. The predicted molar refractivity (Wildman–Crippen MR) is 82.9 cm³/mol. The summed E-state index contributed by atoms with van der Waals surface area (Å²) in [5, 5.41) is 0.286. The Morgan fingerprint density at radius 1 is 1.30 bits per heavy atom. The molecule has 20 heavy (non-hydrogen) atoms. The molecule has 0 spiro atoms. The summed E-state index contributed by atoms with van der Waals surface area (Å²) in [6.07, 6.45) is 5.19. The molecule has 0 bridgehead atoms. The Labute approximate surface area is 122 Å². The molecule has 0 saturated carbocycles. The number of aliphatic imine (C=N–C) groups is 2. The fraction of sp³-hybridized carbons (Fsp3) is 0.200. The van der Waals surface area contributed by atoms with E-state index in [-0.39, 0.29) is 11.0 Å². The van der Waals surface area contributed by atoms with Crippen molar-refractivity contribution in [1.82, 2.24) is 4.90 Å². The van der Waals surface area contributed by atoms with Crippen LogP contribution in [0, 0.1) is 12.8 Å². The highest BCUT2D eigenvalue weighted by molar-refractivity contribution is 7.80. The minimum Gasteiger partial charge on any atom is -0.282 e. The minimum absolute atomic E-state index is 0.0614. The second-order valence-electron chi connectivity index (χ2n) is 4.80. The number of hydrogen-bond donors (Lipinski definition) is 0. The van der Waals surface area contributed by atoms with Crippen molar-refractivity contribution in [1.29, 1.82) is 0 Å². The van der Waals surface area contributed by atoms with Crippen LogP contribution in [0.1, 0.15) is 11.1 Å². The lowest BCUT2D eigenvalue weighted by Crippen LogP contribution is -2.45. The summed E-state index contributed by atoms with van der Waals surface area (Å²) in [7, 11) is 0. The maximum Gasteiger partial charge on any atom is 0.243 e. The molecule has 0 radical (unpaired) electrons. The summed E-state index contributed by atoms with van der Waals surface area (Å²) >= 11 is 5.22. The van der Waals surface area contributed by atoms with Crippen molar-refractivity contribution in [2.24, 2.45) is 15.9 Å². The molecule has 3 rings (SSSR count). The van der Waals surface area contributed by atoms with Crippen molar-refractivity contribution >= 4 is 35.3 Å². The third-order valence-electron chi connectivity index (χ3n) is 3.31. The Kier molecular flexibility index (Phi) is 3.28. The standard InChI is InChI=1S/C15H13N3OS/c1-10-4-6-11(7-5-10)9-18-14(19)12-3-2-8-16-13(12)17-15(18)20/h2-8,12H,9H2,1H3. The van der Waals surface area contributed by atoms with Gasteiger partial charge in [0.05, 0.1) is 6.54 Å². The normalized spacial score (nSPS) is 20.9.